The second-order valence-electron chi connectivity index (χ2n) is 4.23. The molecule has 0 atom stereocenters. The summed E-state index contributed by atoms with van der Waals surface area (Å²) in [6.45, 7) is 3.30. The smallest absolute Gasteiger partial charge is 0.271 e. The van der Waals surface area contributed by atoms with Crippen LogP contribution in [0.15, 0.2) is 34.5 Å². The minimum atomic E-state index is -3.87. The van der Waals surface area contributed by atoms with Crippen LogP contribution in [0, 0.1) is 11.6 Å². The van der Waals surface area contributed by atoms with Gasteiger partial charge in [0.1, 0.15) is 15.8 Å². The first-order valence-corrected chi connectivity index (χ1v) is 8.49. The van der Waals surface area contributed by atoms with Crippen molar-refractivity contribution in [1.29, 1.82) is 0 Å². The largest absolute Gasteiger partial charge is 0.312 e. The average molecular weight is 332 g/mol. The number of hydrogen-bond donors (Lipinski definition) is 2. The maximum Gasteiger partial charge on any atom is 0.271 e. The zero-order chi connectivity index (χ0) is 15.5. The Hall–Kier alpha value is -1.51. The maximum absolute atomic E-state index is 13.5. The van der Waals surface area contributed by atoms with Crippen molar-refractivity contribution < 1.29 is 17.2 Å². The van der Waals surface area contributed by atoms with Gasteiger partial charge in [-0.05, 0) is 30.8 Å². The summed E-state index contributed by atoms with van der Waals surface area (Å²) >= 11 is 1.10. The highest BCUT2D eigenvalue weighted by Crippen LogP contribution is 2.25. The van der Waals surface area contributed by atoms with Crippen LogP contribution in [0.4, 0.5) is 14.5 Å². The predicted octanol–water partition coefficient (Wildman–Crippen LogP) is 2.94. The number of nitrogens with one attached hydrogen (secondary N) is 2. The monoisotopic (exact) mass is 332 g/mol. The van der Waals surface area contributed by atoms with Gasteiger partial charge in [-0.15, -0.1) is 11.3 Å². The number of rotatable bonds is 6. The van der Waals surface area contributed by atoms with Crippen LogP contribution >= 0.6 is 11.3 Å². The lowest BCUT2D eigenvalue weighted by molar-refractivity contribution is 0.583. The van der Waals surface area contributed by atoms with Crippen molar-refractivity contribution in [3.8, 4) is 0 Å². The van der Waals surface area contributed by atoms with Crippen molar-refractivity contribution in [1.82, 2.24) is 5.32 Å². The second kappa shape index (κ2) is 6.50. The molecule has 0 aliphatic heterocycles. The van der Waals surface area contributed by atoms with Crippen LogP contribution in [-0.2, 0) is 16.6 Å². The van der Waals surface area contributed by atoms with E-state index in [4.69, 9.17) is 0 Å². The molecule has 8 heteroatoms. The Labute approximate surface area is 125 Å². The molecule has 0 aliphatic rings. The Balaban J connectivity index is 2.19. The number of thiophene rings is 1. The number of anilines is 1. The normalized spacial score (nSPS) is 11.6. The van der Waals surface area contributed by atoms with Crippen LogP contribution in [-0.4, -0.2) is 15.0 Å². The van der Waals surface area contributed by atoms with Gasteiger partial charge in [-0.3, -0.25) is 4.72 Å². The molecule has 2 rings (SSSR count). The van der Waals surface area contributed by atoms with E-state index in [1.165, 1.54) is 6.07 Å². The molecule has 0 amide bonds. The quantitative estimate of drug-likeness (QED) is 0.855. The van der Waals surface area contributed by atoms with E-state index in [0.717, 1.165) is 34.9 Å². The van der Waals surface area contributed by atoms with Crippen LogP contribution in [0.2, 0.25) is 0 Å². The number of hydrogen-bond acceptors (Lipinski definition) is 4. The predicted molar refractivity (Wildman–Crippen MR) is 78.9 cm³/mol. The van der Waals surface area contributed by atoms with Crippen LogP contribution in [0.1, 0.15) is 11.8 Å². The zero-order valence-corrected chi connectivity index (χ0v) is 12.8. The molecule has 0 aliphatic carbocycles. The Bertz CT molecular complexity index is 730. The molecule has 4 nitrogen and oxygen atoms in total. The molecule has 114 valence electrons. The average Bonchev–Trinajstić information content (AvgIpc) is 2.89. The Kier molecular flexibility index (Phi) is 4.92. The molecule has 2 aromatic rings. The minimum absolute atomic E-state index is 0.0825. The lowest BCUT2D eigenvalue weighted by Gasteiger charge is -2.07. The van der Waals surface area contributed by atoms with Gasteiger partial charge in [0.25, 0.3) is 10.0 Å². The van der Waals surface area contributed by atoms with Crippen molar-refractivity contribution >= 4 is 27.0 Å². The maximum atomic E-state index is 13.5. The summed E-state index contributed by atoms with van der Waals surface area (Å²) in [5.41, 5.74) is -0.280. The molecule has 0 radical (unpaired) electrons. The van der Waals surface area contributed by atoms with Gasteiger partial charge in [0, 0.05) is 17.5 Å². The molecular formula is C13H14F2N2O2S2. The molecule has 0 bridgehead atoms. The summed E-state index contributed by atoms with van der Waals surface area (Å²) in [5.74, 6) is -1.72. The lowest BCUT2D eigenvalue weighted by atomic mass is 10.3. The summed E-state index contributed by atoms with van der Waals surface area (Å²) in [7, 11) is -3.87. The summed E-state index contributed by atoms with van der Waals surface area (Å²) in [6.07, 6.45) is 0. The Morgan fingerprint density at radius 2 is 1.95 bits per heavy atom. The molecule has 1 aromatic heterocycles. The summed E-state index contributed by atoms with van der Waals surface area (Å²) in [6, 6.07) is 5.83. The summed E-state index contributed by atoms with van der Waals surface area (Å²) in [5, 5.41) is 3.09. The van der Waals surface area contributed by atoms with Gasteiger partial charge < -0.3 is 5.32 Å². The third kappa shape index (κ3) is 3.99. The van der Waals surface area contributed by atoms with Crippen molar-refractivity contribution in [2.24, 2.45) is 0 Å². The highest BCUT2D eigenvalue weighted by Gasteiger charge is 2.18. The first-order valence-electron chi connectivity index (χ1n) is 6.19. The summed E-state index contributed by atoms with van der Waals surface area (Å²) in [4.78, 5) is 0.858. The van der Waals surface area contributed by atoms with E-state index in [0.29, 0.717) is 12.6 Å². The topological polar surface area (TPSA) is 58.2 Å². The molecule has 0 fully saturated rings. The molecule has 2 N–H and O–H groups in total. The number of sulfonamides is 1. The molecule has 0 saturated heterocycles. The van der Waals surface area contributed by atoms with Crippen LogP contribution in [0.5, 0.6) is 0 Å². The van der Waals surface area contributed by atoms with Crippen LogP contribution in [0.25, 0.3) is 0 Å². The molecule has 1 aromatic carbocycles. The third-order valence-electron chi connectivity index (χ3n) is 2.63. The second-order valence-corrected chi connectivity index (χ2v) is 7.31. The van der Waals surface area contributed by atoms with Gasteiger partial charge in [-0.1, -0.05) is 6.92 Å². The lowest BCUT2D eigenvalue weighted by Crippen LogP contribution is -2.13. The molecule has 0 unspecified atom stereocenters. The fraction of sp³-hybridized carbons (Fsp3) is 0.231. The molecule has 21 heavy (non-hydrogen) atoms. The Morgan fingerprint density at radius 1 is 1.19 bits per heavy atom. The first-order chi connectivity index (χ1) is 9.92. The number of benzene rings is 1. The van der Waals surface area contributed by atoms with E-state index in [2.05, 4.69) is 10.0 Å². The fourth-order valence-electron chi connectivity index (χ4n) is 1.61. The van der Waals surface area contributed by atoms with Gasteiger partial charge >= 0.3 is 0 Å². The van der Waals surface area contributed by atoms with Crippen molar-refractivity contribution in [3.63, 3.8) is 0 Å². The fourth-order valence-corrected chi connectivity index (χ4v) is 4.01. The van der Waals surface area contributed by atoms with Crippen molar-refractivity contribution in [2.75, 3.05) is 11.3 Å². The van der Waals surface area contributed by atoms with Gasteiger partial charge in [-0.2, -0.15) is 0 Å². The van der Waals surface area contributed by atoms with E-state index in [1.807, 2.05) is 6.92 Å². The van der Waals surface area contributed by atoms with E-state index >= 15 is 0 Å². The van der Waals surface area contributed by atoms with E-state index < -0.39 is 21.7 Å². The SMILES string of the molecule is CCNCc1ccc(S(=O)(=O)Nc2ccc(F)cc2F)s1. The van der Waals surface area contributed by atoms with Gasteiger partial charge in [0.15, 0.2) is 0 Å². The highest BCUT2D eigenvalue weighted by molar-refractivity contribution is 7.94. The van der Waals surface area contributed by atoms with E-state index in [-0.39, 0.29) is 9.90 Å². The molecule has 1 heterocycles. The van der Waals surface area contributed by atoms with Gasteiger partial charge in [-0.25, -0.2) is 17.2 Å². The van der Waals surface area contributed by atoms with E-state index in [9.17, 15) is 17.2 Å². The molecular weight excluding hydrogens is 318 g/mol. The standard InChI is InChI=1S/C13H14F2N2O2S2/c1-2-16-8-10-4-6-13(20-10)21(18,19)17-12-5-3-9(14)7-11(12)15/h3-7,16-17H,2,8H2,1H3. The highest BCUT2D eigenvalue weighted by atomic mass is 32.2. The minimum Gasteiger partial charge on any atom is -0.312 e. The summed E-state index contributed by atoms with van der Waals surface area (Å²) < 4.78 is 52.8. The van der Waals surface area contributed by atoms with Gasteiger partial charge in [0.2, 0.25) is 0 Å². The molecule has 0 saturated carbocycles. The van der Waals surface area contributed by atoms with Gasteiger partial charge in [0.05, 0.1) is 5.69 Å². The van der Waals surface area contributed by atoms with Crippen LogP contribution in [0.3, 0.4) is 0 Å². The third-order valence-corrected chi connectivity index (χ3v) is 5.57. The zero-order valence-electron chi connectivity index (χ0n) is 11.2. The van der Waals surface area contributed by atoms with Crippen molar-refractivity contribution in [2.45, 2.75) is 17.7 Å². The van der Waals surface area contributed by atoms with Crippen LogP contribution < -0.4 is 10.0 Å². The molecule has 0 spiro atoms. The number of halogens is 2. The first kappa shape index (κ1) is 15.9. The van der Waals surface area contributed by atoms with Crippen molar-refractivity contribution in [3.05, 3.63) is 46.8 Å². The van der Waals surface area contributed by atoms with E-state index in [1.54, 1.807) is 6.07 Å². The Morgan fingerprint density at radius 3 is 2.62 bits per heavy atom.